The molecular weight excluding hydrogens is 304 g/mol. The second-order valence-corrected chi connectivity index (χ2v) is 6.60. The number of nitrogens with one attached hydrogen (secondary N) is 3. The van der Waals surface area contributed by atoms with E-state index in [1.54, 1.807) is 14.2 Å². The first-order valence-corrected chi connectivity index (χ1v) is 8.22. The second kappa shape index (κ2) is 9.80. The summed E-state index contributed by atoms with van der Waals surface area (Å²) < 4.78 is 5.15. The van der Waals surface area contributed by atoms with Crippen molar-refractivity contribution in [1.82, 2.24) is 16.0 Å². The zero-order valence-electron chi connectivity index (χ0n) is 15.4. The molecule has 0 fully saturated rings. The molecule has 0 aromatic heterocycles. The van der Waals surface area contributed by atoms with Crippen LogP contribution in [0.1, 0.15) is 32.8 Å². The van der Waals surface area contributed by atoms with E-state index in [4.69, 9.17) is 4.74 Å². The quantitative estimate of drug-likeness (QED) is 0.403. The average Bonchev–Trinajstić information content (AvgIpc) is 2.53. The SMILES string of the molecule is CN=C(NCCCc1ccc(OC)cc1)NCC(=O)NC(C)(C)C. The number of nitrogens with zero attached hydrogens (tertiary/aromatic N) is 1. The molecule has 1 aromatic rings. The number of amides is 1. The number of hydrogen-bond donors (Lipinski definition) is 3. The number of methoxy groups -OCH3 is 1. The molecule has 3 N–H and O–H groups in total. The molecule has 134 valence electrons. The number of carbonyl (C=O) groups excluding carboxylic acids is 1. The highest BCUT2D eigenvalue weighted by molar-refractivity contribution is 5.86. The minimum Gasteiger partial charge on any atom is -0.497 e. The van der Waals surface area contributed by atoms with Gasteiger partial charge in [-0.2, -0.15) is 0 Å². The molecule has 6 nitrogen and oxygen atoms in total. The Morgan fingerprint density at radius 3 is 2.38 bits per heavy atom. The van der Waals surface area contributed by atoms with Gasteiger partial charge in [0.1, 0.15) is 5.75 Å². The van der Waals surface area contributed by atoms with Crippen molar-refractivity contribution in [3.8, 4) is 5.75 Å². The lowest BCUT2D eigenvalue weighted by atomic mass is 10.1. The van der Waals surface area contributed by atoms with E-state index in [9.17, 15) is 4.79 Å². The summed E-state index contributed by atoms with van der Waals surface area (Å²) in [4.78, 5) is 15.9. The highest BCUT2D eigenvalue weighted by atomic mass is 16.5. The first kappa shape index (κ1) is 19.8. The molecule has 0 aliphatic rings. The first-order chi connectivity index (χ1) is 11.3. The van der Waals surface area contributed by atoms with E-state index >= 15 is 0 Å². The van der Waals surface area contributed by atoms with Gasteiger partial charge in [-0.25, -0.2) is 0 Å². The summed E-state index contributed by atoms with van der Waals surface area (Å²) in [6.45, 7) is 6.85. The zero-order valence-corrected chi connectivity index (χ0v) is 15.4. The van der Waals surface area contributed by atoms with Crippen LogP contribution in [-0.4, -0.2) is 44.7 Å². The van der Waals surface area contributed by atoms with Crippen LogP contribution in [0.4, 0.5) is 0 Å². The van der Waals surface area contributed by atoms with Crippen molar-refractivity contribution in [1.29, 1.82) is 0 Å². The van der Waals surface area contributed by atoms with Crippen molar-refractivity contribution in [2.45, 2.75) is 39.2 Å². The molecule has 0 aliphatic heterocycles. The molecule has 0 saturated carbocycles. The van der Waals surface area contributed by atoms with Gasteiger partial charge < -0.3 is 20.7 Å². The van der Waals surface area contributed by atoms with Crippen LogP contribution >= 0.6 is 0 Å². The standard InChI is InChI=1S/C18H30N4O2/c1-18(2,3)22-16(23)13-21-17(19-4)20-12-6-7-14-8-10-15(24-5)11-9-14/h8-11H,6-7,12-13H2,1-5H3,(H,22,23)(H2,19,20,21). The van der Waals surface area contributed by atoms with E-state index in [-0.39, 0.29) is 18.0 Å². The maximum atomic E-state index is 11.8. The number of benzene rings is 1. The molecule has 0 unspecified atom stereocenters. The van der Waals surface area contributed by atoms with Crippen molar-refractivity contribution in [3.05, 3.63) is 29.8 Å². The topological polar surface area (TPSA) is 74.8 Å². The predicted molar refractivity (Wildman–Crippen MR) is 98.6 cm³/mol. The smallest absolute Gasteiger partial charge is 0.239 e. The molecule has 0 atom stereocenters. The van der Waals surface area contributed by atoms with Gasteiger partial charge in [-0.05, 0) is 51.3 Å². The predicted octanol–water partition coefficient (Wildman–Crippen LogP) is 1.71. The van der Waals surface area contributed by atoms with E-state index in [1.807, 2.05) is 32.9 Å². The lowest BCUT2D eigenvalue weighted by Gasteiger charge is -2.21. The third kappa shape index (κ3) is 8.41. The Hall–Kier alpha value is -2.24. The molecule has 0 bridgehead atoms. The molecule has 0 heterocycles. The van der Waals surface area contributed by atoms with Crippen LogP contribution in [0.2, 0.25) is 0 Å². The molecule has 0 aliphatic carbocycles. The van der Waals surface area contributed by atoms with E-state index in [1.165, 1.54) is 5.56 Å². The van der Waals surface area contributed by atoms with Crippen molar-refractivity contribution >= 4 is 11.9 Å². The van der Waals surface area contributed by atoms with Gasteiger partial charge in [-0.3, -0.25) is 9.79 Å². The van der Waals surface area contributed by atoms with Gasteiger partial charge in [0.25, 0.3) is 0 Å². The van der Waals surface area contributed by atoms with Gasteiger partial charge in [0.2, 0.25) is 5.91 Å². The summed E-state index contributed by atoms with van der Waals surface area (Å²) in [7, 11) is 3.36. The van der Waals surface area contributed by atoms with E-state index in [0.29, 0.717) is 5.96 Å². The number of aryl methyl sites for hydroxylation is 1. The number of hydrogen-bond acceptors (Lipinski definition) is 3. The maximum absolute atomic E-state index is 11.8. The van der Waals surface area contributed by atoms with Crippen LogP contribution < -0.4 is 20.7 Å². The molecule has 24 heavy (non-hydrogen) atoms. The molecule has 6 heteroatoms. The molecule has 0 saturated heterocycles. The lowest BCUT2D eigenvalue weighted by Crippen LogP contribution is -2.48. The van der Waals surface area contributed by atoms with Crippen LogP contribution in [0.3, 0.4) is 0 Å². The fourth-order valence-corrected chi connectivity index (χ4v) is 2.14. The fraction of sp³-hybridized carbons (Fsp3) is 0.556. The van der Waals surface area contributed by atoms with Gasteiger partial charge in [-0.15, -0.1) is 0 Å². The Bertz CT molecular complexity index is 533. The van der Waals surface area contributed by atoms with Crippen molar-refractivity contribution in [3.63, 3.8) is 0 Å². The van der Waals surface area contributed by atoms with Crippen molar-refractivity contribution in [2.75, 3.05) is 27.2 Å². The van der Waals surface area contributed by atoms with Crippen LogP contribution in [0.15, 0.2) is 29.3 Å². The number of aliphatic imine (C=N–C) groups is 1. The summed E-state index contributed by atoms with van der Waals surface area (Å²) in [5.41, 5.74) is 1.04. The molecule has 0 radical (unpaired) electrons. The van der Waals surface area contributed by atoms with Gasteiger partial charge in [-0.1, -0.05) is 12.1 Å². The first-order valence-electron chi connectivity index (χ1n) is 8.22. The fourth-order valence-electron chi connectivity index (χ4n) is 2.14. The Morgan fingerprint density at radius 1 is 1.17 bits per heavy atom. The summed E-state index contributed by atoms with van der Waals surface area (Å²) in [6, 6.07) is 8.08. The summed E-state index contributed by atoms with van der Waals surface area (Å²) in [5, 5.41) is 9.13. The maximum Gasteiger partial charge on any atom is 0.239 e. The van der Waals surface area contributed by atoms with Gasteiger partial charge in [0.05, 0.1) is 13.7 Å². The Labute approximate surface area is 145 Å². The molecule has 1 rings (SSSR count). The highest BCUT2D eigenvalue weighted by Crippen LogP contribution is 2.12. The Kier molecular flexibility index (Phi) is 8.09. The van der Waals surface area contributed by atoms with Crippen molar-refractivity contribution < 1.29 is 9.53 Å². The Balaban J connectivity index is 2.25. The summed E-state index contributed by atoms with van der Waals surface area (Å²) in [5.74, 6) is 1.45. The number of carbonyl (C=O) groups is 1. The third-order valence-electron chi connectivity index (χ3n) is 3.25. The highest BCUT2D eigenvalue weighted by Gasteiger charge is 2.13. The summed E-state index contributed by atoms with van der Waals surface area (Å²) in [6.07, 6.45) is 1.94. The number of guanidine groups is 1. The molecule has 1 amide bonds. The molecular formula is C18H30N4O2. The number of ether oxygens (including phenoxy) is 1. The largest absolute Gasteiger partial charge is 0.497 e. The normalized spacial score (nSPS) is 11.8. The van der Waals surface area contributed by atoms with E-state index in [2.05, 4.69) is 33.1 Å². The van der Waals surface area contributed by atoms with Crippen LogP contribution in [0.5, 0.6) is 5.75 Å². The van der Waals surface area contributed by atoms with E-state index < -0.39 is 0 Å². The number of rotatable bonds is 7. The minimum atomic E-state index is -0.228. The van der Waals surface area contributed by atoms with Crippen molar-refractivity contribution in [2.24, 2.45) is 4.99 Å². The second-order valence-electron chi connectivity index (χ2n) is 6.60. The van der Waals surface area contributed by atoms with Gasteiger partial charge in [0, 0.05) is 19.1 Å². The monoisotopic (exact) mass is 334 g/mol. The zero-order chi connectivity index (χ0) is 18.0. The van der Waals surface area contributed by atoms with Gasteiger partial charge in [0.15, 0.2) is 5.96 Å². The third-order valence-corrected chi connectivity index (χ3v) is 3.25. The molecule has 0 spiro atoms. The molecule has 1 aromatic carbocycles. The summed E-state index contributed by atoms with van der Waals surface area (Å²) >= 11 is 0. The van der Waals surface area contributed by atoms with Crippen LogP contribution in [0.25, 0.3) is 0 Å². The van der Waals surface area contributed by atoms with Crippen LogP contribution in [0, 0.1) is 0 Å². The van der Waals surface area contributed by atoms with E-state index in [0.717, 1.165) is 25.1 Å². The van der Waals surface area contributed by atoms with Crippen LogP contribution in [-0.2, 0) is 11.2 Å². The lowest BCUT2D eigenvalue weighted by molar-refractivity contribution is -0.121. The average molecular weight is 334 g/mol. The minimum absolute atomic E-state index is 0.0521. The Morgan fingerprint density at radius 2 is 1.83 bits per heavy atom. The van der Waals surface area contributed by atoms with Gasteiger partial charge >= 0.3 is 0 Å².